The Kier molecular flexibility index (Phi) is 3.84. The van der Waals surface area contributed by atoms with Gasteiger partial charge in [0.25, 0.3) is 0 Å². The molecule has 0 aromatic carbocycles. The fraction of sp³-hybridized carbons (Fsp3) is 0.250. The maximum Gasteiger partial charge on any atom is 0.239 e. The SMILES string of the molecule is C=CCN(C)c1nc(NN)ncc1Br. The van der Waals surface area contributed by atoms with E-state index in [1.807, 2.05) is 11.9 Å². The summed E-state index contributed by atoms with van der Waals surface area (Å²) >= 11 is 3.36. The summed E-state index contributed by atoms with van der Waals surface area (Å²) in [6.07, 6.45) is 3.45. The van der Waals surface area contributed by atoms with E-state index in [9.17, 15) is 0 Å². The molecule has 1 aromatic heterocycles. The number of hydrazine groups is 1. The van der Waals surface area contributed by atoms with Gasteiger partial charge in [0.2, 0.25) is 5.95 Å². The Morgan fingerprint density at radius 2 is 2.50 bits per heavy atom. The predicted octanol–water partition coefficient (Wildman–Crippen LogP) is 1.15. The number of hydrogen-bond donors (Lipinski definition) is 2. The summed E-state index contributed by atoms with van der Waals surface area (Å²) in [5, 5.41) is 0. The maximum atomic E-state index is 5.21. The molecule has 0 spiro atoms. The van der Waals surface area contributed by atoms with Gasteiger partial charge in [-0.2, -0.15) is 4.98 Å². The van der Waals surface area contributed by atoms with Crippen LogP contribution in [0.25, 0.3) is 0 Å². The molecule has 0 bridgehead atoms. The third-order valence-electron chi connectivity index (χ3n) is 1.62. The van der Waals surface area contributed by atoms with E-state index in [0.717, 1.165) is 10.3 Å². The molecule has 0 atom stereocenters. The summed E-state index contributed by atoms with van der Waals surface area (Å²) < 4.78 is 0.820. The third kappa shape index (κ3) is 2.43. The van der Waals surface area contributed by atoms with Crippen molar-refractivity contribution < 1.29 is 0 Å². The fourth-order valence-electron chi connectivity index (χ4n) is 0.975. The number of likely N-dealkylation sites (N-methyl/N-ethyl adjacent to an activating group) is 1. The van der Waals surface area contributed by atoms with E-state index in [0.29, 0.717) is 12.5 Å². The first-order chi connectivity index (χ1) is 6.69. The Morgan fingerprint density at radius 1 is 1.79 bits per heavy atom. The lowest BCUT2D eigenvalue weighted by molar-refractivity contribution is 0.965. The Bertz CT molecular complexity index is 328. The number of nitrogens with zero attached hydrogens (tertiary/aromatic N) is 3. The topological polar surface area (TPSA) is 67.1 Å². The summed E-state index contributed by atoms with van der Waals surface area (Å²) in [6.45, 7) is 4.37. The van der Waals surface area contributed by atoms with Crippen LogP contribution >= 0.6 is 15.9 Å². The van der Waals surface area contributed by atoms with E-state index in [2.05, 4.69) is 37.9 Å². The molecule has 0 fully saturated rings. The monoisotopic (exact) mass is 257 g/mol. The highest BCUT2D eigenvalue weighted by Crippen LogP contribution is 2.22. The number of anilines is 2. The standard InChI is InChI=1S/C8H12BrN5/c1-3-4-14(2)7-6(9)5-11-8(12-7)13-10/h3,5H,1,4,10H2,2H3,(H,11,12,13). The number of aromatic nitrogens is 2. The molecule has 0 unspecified atom stereocenters. The molecule has 3 N–H and O–H groups in total. The molecule has 1 aromatic rings. The van der Waals surface area contributed by atoms with Crippen molar-refractivity contribution in [2.45, 2.75) is 0 Å². The van der Waals surface area contributed by atoms with Crippen LogP contribution in [0.1, 0.15) is 0 Å². The number of rotatable bonds is 4. The van der Waals surface area contributed by atoms with Crippen LogP contribution in [-0.2, 0) is 0 Å². The quantitative estimate of drug-likeness (QED) is 0.481. The van der Waals surface area contributed by atoms with E-state index in [1.165, 1.54) is 0 Å². The number of nitrogens with one attached hydrogen (secondary N) is 1. The van der Waals surface area contributed by atoms with E-state index in [-0.39, 0.29) is 0 Å². The largest absolute Gasteiger partial charge is 0.355 e. The minimum Gasteiger partial charge on any atom is -0.355 e. The van der Waals surface area contributed by atoms with E-state index < -0.39 is 0 Å². The second-order valence-electron chi connectivity index (χ2n) is 2.68. The summed E-state index contributed by atoms with van der Waals surface area (Å²) in [5.74, 6) is 6.37. The Balaban J connectivity index is 2.98. The van der Waals surface area contributed by atoms with Crippen LogP contribution in [0, 0.1) is 0 Å². The van der Waals surface area contributed by atoms with Gasteiger partial charge in [0.1, 0.15) is 5.82 Å². The average molecular weight is 258 g/mol. The lowest BCUT2D eigenvalue weighted by atomic mass is 10.5. The van der Waals surface area contributed by atoms with Gasteiger partial charge in [-0.1, -0.05) is 6.08 Å². The van der Waals surface area contributed by atoms with Crippen LogP contribution < -0.4 is 16.2 Å². The molecule has 0 amide bonds. The normalized spacial score (nSPS) is 9.64. The molecular formula is C8H12BrN5. The van der Waals surface area contributed by atoms with Gasteiger partial charge in [0.15, 0.2) is 0 Å². The van der Waals surface area contributed by atoms with Crippen LogP contribution in [0.4, 0.5) is 11.8 Å². The first-order valence-electron chi connectivity index (χ1n) is 4.00. The molecule has 1 heterocycles. The van der Waals surface area contributed by atoms with Gasteiger partial charge in [0, 0.05) is 19.8 Å². The fourth-order valence-corrected chi connectivity index (χ4v) is 1.47. The van der Waals surface area contributed by atoms with Gasteiger partial charge in [-0.15, -0.1) is 6.58 Å². The summed E-state index contributed by atoms with van der Waals surface area (Å²) in [4.78, 5) is 10.1. The van der Waals surface area contributed by atoms with Crippen molar-refractivity contribution in [3.05, 3.63) is 23.3 Å². The summed E-state index contributed by atoms with van der Waals surface area (Å²) in [6, 6.07) is 0. The van der Waals surface area contributed by atoms with Crippen molar-refractivity contribution in [2.24, 2.45) is 5.84 Å². The van der Waals surface area contributed by atoms with Gasteiger partial charge in [-0.25, -0.2) is 10.8 Å². The van der Waals surface area contributed by atoms with E-state index in [1.54, 1.807) is 12.3 Å². The highest BCUT2D eigenvalue weighted by Gasteiger charge is 2.07. The van der Waals surface area contributed by atoms with Crippen molar-refractivity contribution in [3.63, 3.8) is 0 Å². The zero-order chi connectivity index (χ0) is 10.6. The molecule has 0 radical (unpaired) electrons. The van der Waals surface area contributed by atoms with Crippen molar-refractivity contribution in [1.29, 1.82) is 0 Å². The lowest BCUT2D eigenvalue weighted by Gasteiger charge is -2.17. The Labute approximate surface area is 91.1 Å². The zero-order valence-electron chi connectivity index (χ0n) is 7.87. The van der Waals surface area contributed by atoms with Crippen LogP contribution in [0.5, 0.6) is 0 Å². The van der Waals surface area contributed by atoms with E-state index >= 15 is 0 Å². The molecule has 0 saturated heterocycles. The summed E-state index contributed by atoms with van der Waals surface area (Å²) in [7, 11) is 1.91. The zero-order valence-corrected chi connectivity index (χ0v) is 9.45. The van der Waals surface area contributed by atoms with E-state index in [4.69, 9.17) is 5.84 Å². The van der Waals surface area contributed by atoms with Gasteiger partial charge >= 0.3 is 0 Å². The molecule has 0 saturated carbocycles. The van der Waals surface area contributed by atoms with Crippen LogP contribution in [-0.4, -0.2) is 23.6 Å². The second kappa shape index (κ2) is 4.92. The minimum absolute atomic E-state index is 0.388. The smallest absolute Gasteiger partial charge is 0.239 e. The van der Waals surface area contributed by atoms with Crippen molar-refractivity contribution in [3.8, 4) is 0 Å². The van der Waals surface area contributed by atoms with Gasteiger partial charge in [-0.3, -0.25) is 5.43 Å². The van der Waals surface area contributed by atoms with Crippen LogP contribution in [0.15, 0.2) is 23.3 Å². The number of hydrogen-bond acceptors (Lipinski definition) is 5. The summed E-state index contributed by atoms with van der Waals surface area (Å²) in [5.41, 5.74) is 2.40. The molecule has 1 rings (SSSR count). The second-order valence-corrected chi connectivity index (χ2v) is 3.53. The van der Waals surface area contributed by atoms with Crippen LogP contribution in [0.3, 0.4) is 0 Å². The molecule has 0 aliphatic rings. The Morgan fingerprint density at radius 3 is 3.07 bits per heavy atom. The highest BCUT2D eigenvalue weighted by atomic mass is 79.9. The van der Waals surface area contributed by atoms with Crippen LogP contribution in [0.2, 0.25) is 0 Å². The van der Waals surface area contributed by atoms with Gasteiger partial charge < -0.3 is 4.90 Å². The lowest BCUT2D eigenvalue weighted by Crippen LogP contribution is -2.20. The number of halogens is 1. The molecular weight excluding hydrogens is 246 g/mol. The number of nitrogens with two attached hydrogens (primary N) is 1. The van der Waals surface area contributed by atoms with Gasteiger partial charge in [-0.05, 0) is 15.9 Å². The molecule has 0 aliphatic carbocycles. The molecule has 5 nitrogen and oxygen atoms in total. The molecule has 14 heavy (non-hydrogen) atoms. The highest BCUT2D eigenvalue weighted by molar-refractivity contribution is 9.10. The number of nitrogen functional groups attached to an aromatic ring is 1. The first kappa shape index (κ1) is 10.9. The predicted molar refractivity (Wildman–Crippen MR) is 61.0 cm³/mol. The molecule has 76 valence electrons. The van der Waals surface area contributed by atoms with Crippen molar-refractivity contribution in [1.82, 2.24) is 9.97 Å². The van der Waals surface area contributed by atoms with Gasteiger partial charge in [0.05, 0.1) is 4.47 Å². The first-order valence-corrected chi connectivity index (χ1v) is 4.79. The maximum absolute atomic E-state index is 5.21. The van der Waals surface area contributed by atoms with Crippen molar-refractivity contribution in [2.75, 3.05) is 23.9 Å². The third-order valence-corrected chi connectivity index (χ3v) is 2.18. The molecule has 6 heteroatoms. The minimum atomic E-state index is 0.388. The molecule has 0 aliphatic heterocycles. The van der Waals surface area contributed by atoms with Crippen molar-refractivity contribution >= 4 is 27.7 Å². The average Bonchev–Trinajstić information content (AvgIpc) is 2.19. The Hall–Kier alpha value is -1.14.